The first kappa shape index (κ1) is 14.9. The lowest BCUT2D eigenvalue weighted by Gasteiger charge is -2.23. The molecule has 2 aromatic heterocycles. The third-order valence-electron chi connectivity index (χ3n) is 4.56. The highest BCUT2D eigenvalue weighted by molar-refractivity contribution is 7.22. The van der Waals surface area contributed by atoms with E-state index in [1.54, 1.807) is 6.33 Å². The van der Waals surface area contributed by atoms with Gasteiger partial charge in [0, 0.05) is 15.9 Å². The van der Waals surface area contributed by atoms with Crippen molar-refractivity contribution in [3.63, 3.8) is 0 Å². The van der Waals surface area contributed by atoms with E-state index >= 15 is 0 Å². The fraction of sp³-hybridized carbons (Fsp3) is 0.333. The van der Waals surface area contributed by atoms with Gasteiger partial charge in [-0.05, 0) is 36.6 Å². The van der Waals surface area contributed by atoms with Crippen LogP contribution in [0.1, 0.15) is 38.1 Å². The minimum absolute atomic E-state index is 0.104. The van der Waals surface area contributed by atoms with Crippen molar-refractivity contribution in [2.24, 2.45) is 0 Å². The molecule has 0 saturated heterocycles. The number of fused-ring (bicyclic) bond motifs is 1. The highest BCUT2D eigenvalue weighted by Crippen LogP contribution is 2.32. The van der Waals surface area contributed by atoms with E-state index in [0.717, 1.165) is 33.5 Å². The van der Waals surface area contributed by atoms with E-state index in [2.05, 4.69) is 4.98 Å². The Morgan fingerprint density at radius 1 is 1.13 bits per heavy atom. The topological polar surface area (TPSA) is 34.9 Å². The van der Waals surface area contributed by atoms with Gasteiger partial charge in [0.1, 0.15) is 4.70 Å². The molecule has 0 atom stereocenters. The molecule has 5 heteroatoms. The number of aromatic nitrogens is 2. The Bertz CT molecular complexity index is 892. The normalized spacial score (nSPS) is 16.0. The van der Waals surface area contributed by atoms with Crippen LogP contribution in [-0.2, 0) is 0 Å². The summed E-state index contributed by atoms with van der Waals surface area (Å²) in [6.45, 7) is 0. The van der Waals surface area contributed by atoms with Crippen LogP contribution in [0.3, 0.4) is 0 Å². The summed E-state index contributed by atoms with van der Waals surface area (Å²) in [5.41, 5.74) is 1.96. The number of halogens is 1. The molecule has 0 unspecified atom stereocenters. The summed E-state index contributed by atoms with van der Waals surface area (Å²) in [5.74, 6) is 0. The van der Waals surface area contributed by atoms with Gasteiger partial charge in [-0.3, -0.25) is 9.36 Å². The maximum absolute atomic E-state index is 12.8. The lowest BCUT2D eigenvalue weighted by molar-refractivity contribution is 0.345. The second-order valence-corrected chi connectivity index (χ2v) is 7.57. The molecule has 3 nitrogen and oxygen atoms in total. The van der Waals surface area contributed by atoms with E-state index in [0.29, 0.717) is 11.1 Å². The van der Waals surface area contributed by atoms with Gasteiger partial charge in [-0.1, -0.05) is 43.0 Å². The molecular formula is C18H17ClN2OS. The minimum Gasteiger partial charge on any atom is -0.295 e. The molecule has 1 aliphatic carbocycles. The van der Waals surface area contributed by atoms with Crippen molar-refractivity contribution in [3.05, 3.63) is 52.0 Å². The highest BCUT2D eigenvalue weighted by Gasteiger charge is 2.18. The Kier molecular flexibility index (Phi) is 3.95. The van der Waals surface area contributed by atoms with Gasteiger partial charge in [0.2, 0.25) is 0 Å². The Hall–Kier alpha value is -1.65. The summed E-state index contributed by atoms with van der Waals surface area (Å²) in [6.07, 6.45) is 7.59. The second kappa shape index (κ2) is 6.10. The quantitative estimate of drug-likeness (QED) is 0.633. The first-order valence-corrected chi connectivity index (χ1v) is 9.18. The van der Waals surface area contributed by atoms with Gasteiger partial charge in [-0.15, -0.1) is 11.3 Å². The van der Waals surface area contributed by atoms with E-state index in [1.807, 2.05) is 34.9 Å². The molecule has 0 N–H and O–H groups in total. The Labute approximate surface area is 143 Å². The second-order valence-electron chi connectivity index (χ2n) is 6.08. The molecule has 3 aromatic rings. The number of rotatable bonds is 2. The van der Waals surface area contributed by atoms with Crippen LogP contribution in [0.25, 0.3) is 20.7 Å². The van der Waals surface area contributed by atoms with Crippen molar-refractivity contribution < 1.29 is 0 Å². The SMILES string of the molecule is O=c1c2sc(-c3ccc(Cl)cc3)cc2ncn1C1CCCCC1. The van der Waals surface area contributed by atoms with Gasteiger partial charge in [0.15, 0.2) is 0 Å². The Morgan fingerprint density at radius 3 is 2.61 bits per heavy atom. The molecular weight excluding hydrogens is 328 g/mol. The van der Waals surface area contributed by atoms with Crippen LogP contribution in [0.5, 0.6) is 0 Å². The number of thiophene rings is 1. The monoisotopic (exact) mass is 344 g/mol. The van der Waals surface area contributed by atoms with E-state index in [9.17, 15) is 4.79 Å². The summed E-state index contributed by atoms with van der Waals surface area (Å²) in [7, 11) is 0. The lowest BCUT2D eigenvalue weighted by Crippen LogP contribution is -2.26. The predicted octanol–water partition coefficient (Wildman–Crippen LogP) is 5.28. The van der Waals surface area contributed by atoms with Crippen LogP contribution in [0, 0.1) is 0 Å². The zero-order valence-electron chi connectivity index (χ0n) is 12.7. The molecule has 0 radical (unpaired) electrons. The largest absolute Gasteiger partial charge is 0.295 e. The third-order valence-corrected chi connectivity index (χ3v) is 5.97. The van der Waals surface area contributed by atoms with Crippen LogP contribution >= 0.6 is 22.9 Å². The average Bonchev–Trinajstić information content (AvgIpc) is 3.02. The number of hydrogen-bond donors (Lipinski definition) is 0. The molecule has 1 aromatic carbocycles. The summed E-state index contributed by atoms with van der Waals surface area (Å²) in [5, 5.41) is 0.715. The van der Waals surface area contributed by atoms with E-state index < -0.39 is 0 Å². The molecule has 0 spiro atoms. The lowest BCUT2D eigenvalue weighted by atomic mass is 9.95. The summed E-state index contributed by atoms with van der Waals surface area (Å²) in [6, 6.07) is 10.0. The smallest absolute Gasteiger partial charge is 0.271 e. The summed E-state index contributed by atoms with van der Waals surface area (Å²) in [4.78, 5) is 18.4. The van der Waals surface area contributed by atoms with Crippen LogP contribution in [0.15, 0.2) is 41.5 Å². The molecule has 2 heterocycles. The van der Waals surface area contributed by atoms with Crippen molar-refractivity contribution >= 4 is 33.2 Å². The molecule has 0 aliphatic heterocycles. The van der Waals surface area contributed by atoms with Crippen molar-refractivity contribution in [2.75, 3.05) is 0 Å². The third kappa shape index (κ3) is 2.81. The predicted molar refractivity (Wildman–Crippen MR) is 96.4 cm³/mol. The van der Waals surface area contributed by atoms with E-state index in [1.165, 1.54) is 30.6 Å². The van der Waals surface area contributed by atoms with Crippen LogP contribution in [-0.4, -0.2) is 9.55 Å². The van der Waals surface area contributed by atoms with Gasteiger partial charge >= 0.3 is 0 Å². The molecule has 1 aliphatic rings. The molecule has 1 saturated carbocycles. The van der Waals surface area contributed by atoms with Gasteiger partial charge < -0.3 is 0 Å². The van der Waals surface area contributed by atoms with Gasteiger partial charge in [-0.25, -0.2) is 4.98 Å². The first-order valence-electron chi connectivity index (χ1n) is 7.99. The van der Waals surface area contributed by atoms with Crippen LogP contribution < -0.4 is 5.56 Å². The standard InChI is InChI=1S/C18H17ClN2OS/c19-13-8-6-12(7-9-13)16-10-15-17(23-16)18(22)21(11-20-15)14-4-2-1-3-5-14/h6-11,14H,1-5H2. The van der Waals surface area contributed by atoms with E-state index in [-0.39, 0.29) is 5.56 Å². The zero-order valence-corrected chi connectivity index (χ0v) is 14.2. The van der Waals surface area contributed by atoms with E-state index in [4.69, 9.17) is 11.6 Å². The molecule has 0 amide bonds. The maximum atomic E-state index is 12.8. The molecule has 0 bridgehead atoms. The van der Waals surface area contributed by atoms with Crippen LogP contribution in [0.4, 0.5) is 0 Å². The fourth-order valence-corrected chi connectivity index (χ4v) is 4.48. The van der Waals surface area contributed by atoms with Gasteiger partial charge in [0.25, 0.3) is 5.56 Å². The zero-order chi connectivity index (χ0) is 15.8. The number of benzene rings is 1. The fourth-order valence-electron chi connectivity index (χ4n) is 3.30. The van der Waals surface area contributed by atoms with Crippen molar-refractivity contribution in [3.8, 4) is 10.4 Å². The van der Waals surface area contributed by atoms with Crippen molar-refractivity contribution in [2.45, 2.75) is 38.1 Å². The van der Waals surface area contributed by atoms with Crippen molar-refractivity contribution in [1.82, 2.24) is 9.55 Å². The highest BCUT2D eigenvalue weighted by atomic mass is 35.5. The molecule has 118 valence electrons. The van der Waals surface area contributed by atoms with Crippen molar-refractivity contribution in [1.29, 1.82) is 0 Å². The number of nitrogens with zero attached hydrogens (tertiary/aromatic N) is 2. The first-order chi connectivity index (χ1) is 11.2. The number of hydrogen-bond acceptors (Lipinski definition) is 3. The summed E-state index contributed by atoms with van der Waals surface area (Å²) < 4.78 is 2.60. The molecule has 1 fully saturated rings. The Balaban J connectivity index is 1.78. The molecule has 23 heavy (non-hydrogen) atoms. The van der Waals surface area contributed by atoms with Gasteiger partial charge in [-0.2, -0.15) is 0 Å². The van der Waals surface area contributed by atoms with Crippen LogP contribution in [0.2, 0.25) is 5.02 Å². The summed E-state index contributed by atoms with van der Waals surface area (Å²) >= 11 is 7.47. The Morgan fingerprint density at radius 2 is 1.87 bits per heavy atom. The maximum Gasteiger partial charge on any atom is 0.271 e. The average molecular weight is 345 g/mol. The van der Waals surface area contributed by atoms with Gasteiger partial charge in [0.05, 0.1) is 11.8 Å². The molecule has 4 rings (SSSR count). The minimum atomic E-state index is 0.104.